The number of amides is 1. The number of carbonyl (C=O) groups excluding carboxylic acids is 1. The van der Waals surface area contributed by atoms with Gasteiger partial charge in [-0.05, 0) is 38.3 Å². The van der Waals surface area contributed by atoms with Crippen LogP contribution in [0.25, 0.3) is 11.2 Å². The highest BCUT2D eigenvalue weighted by molar-refractivity contribution is 5.91. The van der Waals surface area contributed by atoms with Crippen LogP contribution in [0.3, 0.4) is 0 Å². The van der Waals surface area contributed by atoms with E-state index in [1.807, 2.05) is 37.5 Å². The molecule has 10 nitrogen and oxygen atoms in total. The van der Waals surface area contributed by atoms with Crippen LogP contribution in [-0.4, -0.2) is 46.9 Å². The van der Waals surface area contributed by atoms with Gasteiger partial charge in [-0.2, -0.15) is 0 Å². The van der Waals surface area contributed by atoms with Gasteiger partial charge in [-0.25, -0.2) is 9.78 Å². The van der Waals surface area contributed by atoms with Crippen molar-refractivity contribution in [1.29, 1.82) is 0 Å². The number of hydrogen-bond acceptors (Lipinski definition) is 6. The molecule has 32 heavy (non-hydrogen) atoms. The van der Waals surface area contributed by atoms with Gasteiger partial charge in [-0.1, -0.05) is 20.8 Å². The summed E-state index contributed by atoms with van der Waals surface area (Å²) in [5.41, 5.74) is 1.06. The summed E-state index contributed by atoms with van der Waals surface area (Å²) in [5.74, 6) is 1.60. The van der Waals surface area contributed by atoms with Crippen molar-refractivity contribution in [3.63, 3.8) is 0 Å². The van der Waals surface area contributed by atoms with Gasteiger partial charge in [-0.15, -0.1) is 10.2 Å². The number of anilines is 1. The molecule has 3 aromatic heterocycles. The van der Waals surface area contributed by atoms with E-state index >= 15 is 0 Å². The van der Waals surface area contributed by atoms with E-state index < -0.39 is 0 Å². The highest BCUT2D eigenvalue weighted by Crippen LogP contribution is 2.24. The molecule has 172 valence electrons. The first-order valence-corrected chi connectivity index (χ1v) is 10.9. The number of nitrogens with zero attached hydrogens (tertiary/aromatic N) is 7. The Morgan fingerprint density at radius 1 is 1.09 bits per heavy atom. The summed E-state index contributed by atoms with van der Waals surface area (Å²) in [6, 6.07) is 3.91. The lowest BCUT2D eigenvalue weighted by Gasteiger charge is -2.29. The molecule has 4 rings (SSSR count). The van der Waals surface area contributed by atoms with Gasteiger partial charge in [0, 0.05) is 32.2 Å². The molecule has 0 unspecified atom stereocenters. The molecule has 0 saturated heterocycles. The Morgan fingerprint density at radius 3 is 2.47 bits per heavy atom. The van der Waals surface area contributed by atoms with Crippen LogP contribution in [0.5, 0.6) is 0 Å². The number of pyridine rings is 1. The SMILES string of the molecule is Cn1c(=O)n(CC(C)(C)C)c2ccc(N3CCn4c(nnc4C(=O)NC(C)(C)C)C3)nc21. The maximum Gasteiger partial charge on any atom is 0.330 e. The van der Waals surface area contributed by atoms with E-state index in [-0.39, 0.29) is 22.6 Å². The predicted molar refractivity (Wildman–Crippen MR) is 123 cm³/mol. The fourth-order valence-corrected chi connectivity index (χ4v) is 3.98. The summed E-state index contributed by atoms with van der Waals surface area (Å²) in [6.07, 6.45) is 0. The van der Waals surface area contributed by atoms with Gasteiger partial charge in [0.15, 0.2) is 11.5 Å². The number of rotatable bonds is 3. The van der Waals surface area contributed by atoms with Crippen molar-refractivity contribution in [3.8, 4) is 0 Å². The number of imidazole rings is 1. The molecule has 3 aromatic rings. The number of aryl methyl sites for hydroxylation is 1. The van der Waals surface area contributed by atoms with Crippen molar-refractivity contribution in [3.05, 3.63) is 34.3 Å². The molecule has 0 atom stereocenters. The molecule has 0 bridgehead atoms. The van der Waals surface area contributed by atoms with Crippen LogP contribution in [0.1, 0.15) is 58.0 Å². The molecule has 0 fully saturated rings. The van der Waals surface area contributed by atoms with Gasteiger partial charge in [0.2, 0.25) is 5.82 Å². The first-order valence-electron chi connectivity index (χ1n) is 10.9. The van der Waals surface area contributed by atoms with E-state index in [0.717, 1.165) is 17.2 Å². The van der Waals surface area contributed by atoms with Gasteiger partial charge in [0.25, 0.3) is 5.91 Å². The summed E-state index contributed by atoms with van der Waals surface area (Å²) in [5, 5.41) is 11.3. The third-order valence-electron chi connectivity index (χ3n) is 5.37. The summed E-state index contributed by atoms with van der Waals surface area (Å²) in [7, 11) is 1.76. The Kier molecular flexibility index (Phi) is 5.14. The maximum absolute atomic E-state index is 12.8. The number of carbonyl (C=O) groups is 1. The molecule has 1 aliphatic rings. The van der Waals surface area contributed by atoms with Gasteiger partial charge < -0.3 is 14.8 Å². The quantitative estimate of drug-likeness (QED) is 0.668. The lowest BCUT2D eigenvalue weighted by Crippen LogP contribution is -2.43. The van der Waals surface area contributed by atoms with E-state index in [1.54, 1.807) is 16.2 Å². The normalized spacial score (nSPS) is 14.7. The molecule has 10 heteroatoms. The molecule has 0 radical (unpaired) electrons. The van der Waals surface area contributed by atoms with Gasteiger partial charge in [0.1, 0.15) is 5.82 Å². The second-order valence-electron chi connectivity index (χ2n) is 10.7. The van der Waals surface area contributed by atoms with E-state index in [9.17, 15) is 9.59 Å². The minimum Gasteiger partial charge on any atom is -0.347 e. The van der Waals surface area contributed by atoms with Crippen molar-refractivity contribution < 1.29 is 4.79 Å². The van der Waals surface area contributed by atoms with Crippen molar-refractivity contribution >= 4 is 22.9 Å². The van der Waals surface area contributed by atoms with Crippen LogP contribution < -0.4 is 15.9 Å². The van der Waals surface area contributed by atoms with Crippen molar-refractivity contribution in [2.24, 2.45) is 12.5 Å². The molecule has 0 spiro atoms. The Hall–Kier alpha value is -3.17. The smallest absolute Gasteiger partial charge is 0.330 e. The first-order chi connectivity index (χ1) is 14.8. The monoisotopic (exact) mass is 440 g/mol. The molecule has 4 heterocycles. The largest absolute Gasteiger partial charge is 0.347 e. The Balaban J connectivity index is 1.62. The molecule has 1 aliphatic heterocycles. The van der Waals surface area contributed by atoms with Gasteiger partial charge >= 0.3 is 5.69 Å². The molecule has 1 amide bonds. The number of hydrogen-bond donors (Lipinski definition) is 1. The molecule has 1 N–H and O–H groups in total. The van der Waals surface area contributed by atoms with Crippen LogP contribution in [0, 0.1) is 5.41 Å². The van der Waals surface area contributed by atoms with Gasteiger partial charge in [-0.3, -0.25) is 13.9 Å². The molecular formula is C22H32N8O2. The molecular weight excluding hydrogens is 408 g/mol. The van der Waals surface area contributed by atoms with E-state index in [2.05, 4.69) is 41.2 Å². The zero-order valence-electron chi connectivity index (χ0n) is 19.9. The van der Waals surface area contributed by atoms with Gasteiger partial charge in [0.05, 0.1) is 12.1 Å². The molecule has 0 saturated carbocycles. The Morgan fingerprint density at radius 2 is 1.81 bits per heavy atom. The minimum atomic E-state index is -0.344. The first kappa shape index (κ1) is 22.0. The van der Waals surface area contributed by atoms with Crippen LogP contribution >= 0.6 is 0 Å². The highest BCUT2D eigenvalue weighted by atomic mass is 16.2. The predicted octanol–water partition coefficient (Wildman–Crippen LogP) is 1.92. The number of aromatic nitrogens is 6. The summed E-state index contributed by atoms with van der Waals surface area (Å²) in [4.78, 5) is 32.3. The summed E-state index contributed by atoms with van der Waals surface area (Å²) in [6.45, 7) is 14.5. The average Bonchev–Trinajstić information content (AvgIpc) is 3.20. The average molecular weight is 441 g/mol. The number of fused-ring (bicyclic) bond motifs is 2. The third-order valence-corrected chi connectivity index (χ3v) is 5.37. The number of nitrogens with one attached hydrogen (secondary N) is 1. The standard InChI is InChI=1S/C22H32N8O2/c1-21(2,3)13-30-14-8-9-15(23-17(14)27(7)20(30)32)28-10-11-29-16(12-28)25-26-18(29)19(31)24-22(4,5)6/h8-9H,10-13H2,1-7H3,(H,24,31). The zero-order chi connectivity index (χ0) is 23.4. The maximum atomic E-state index is 12.8. The Labute approximate surface area is 187 Å². The zero-order valence-corrected chi connectivity index (χ0v) is 19.9. The second kappa shape index (κ2) is 7.46. The topological polar surface area (TPSA) is 103 Å². The molecule has 0 aromatic carbocycles. The Bertz CT molecular complexity index is 1240. The van der Waals surface area contributed by atoms with Crippen LogP contribution in [0.15, 0.2) is 16.9 Å². The van der Waals surface area contributed by atoms with Crippen LogP contribution in [0.4, 0.5) is 5.82 Å². The lowest BCUT2D eigenvalue weighted by molar-refractivity contribution is 0.0903. The fraction of sp³-hybridized carbons (Fsp3) is 0.591. The van der Waals surface area contributed by atoms with Crippen molar-refractivity contribution in [2.75, 3.05) is 11.4 Å². The highest BCUT2D eigenvalue weighted by Gasteiger charge is 2.27. The fourth-order valence-electron chi connectivity index (χ4n) is 3.98. The lowest BCUT2D eigenvalue weighted by atomic mass is 9.97. The summed E-state index contributed by atoms with van der Waals surface area (Å²) < 4.78 is 5.26. The molecule has 0 aliphatic carbocycles. The van der Waals surface area contributed by atoms with Crippen LogP contribution in [-0.2, 0) is 26.7 Å². The second-order valence-corrected chi connectivity index (χ2v) is 10.7. The minimum absolute atomic E-state index is 0.0231. The summed E-state index contributed by atoms with van der Waals surface area (Å²) >= 11 is 0. The van der Waals surface area contributed by atoms with E-state index in [0.29, 0.717) is 37.7 Å². The van der Waals surface area contributed by atoms with E-state index in [1.165, 1.54) is 0 Å². The van der Waals surface area contributed by atoms with Crippen molar-refractivity contribution in [2.45, 2.75) is 66.7 Å². The van der Waals surface area contributed by atoms with Crippen LogP contribution in [0.2, 0.25) is 0 Å². The van der Waals surface area contributed by atoms with Crippen molar-refractivity contribution in [1.82, 2.24) is 34.2 Å². The third kappa shape index (κ3) is 4.13. The van der Waals surface area contributed by atoms with E-state index in [4.69, 9.17) is 4.98 Å².